The molecule has 0 aromatic heterocycles. The molecule has 0 radical (unpaired) electrons. The molecule has 0 saturated carbocycles. The van der Waals surface area contributed by atoms with Gasteiger partial charge in [0, 0.05) is 52.4 Å². The summed E-state index contributed by atoms with van der Waals surface area (Å²) in [5, 5.41) is 109. The second-order valence-electron chi connectivity index (χ2n) is 20.2. The summed E-state index contributed by atoms with van der Waals surface area (Å²) in [5.41, 5.74) is 49.6. The van der Waals surface area contributed by atoms with E-state index < -0.39 is 119 Å². The second kappa shape index (κ2) is 45.2. The van der Waals surface area contributed by atoms with Gasteiger partial charge in [0.2, 0.25) is 41.4 Å². The van der Waals surface area contributed by atoms with E-state index in [9.17, 15) is 43.5 Å². The summed E-state index contributed by atoms with van der Waals surface area (Å²) in [5.74, 6) is -10.8. The van der Waals surface area contributed by atoms with Crippen LogP contribution in [0.4, 0.5) is 0 Å². The van der Waals surface area contributed by atoms with E-state index in [2.05, 4.69) is 79.8 Å². The Morgan fingerprint density at radius 3 is 0.573 bits per heavy atom. The Morgan fingerprint density at radius 1 is 0.258 bits per heavy atom. The number of guanidine groups is 8. The van der Waals surface area contributed by atoms with Crippen molar-refractivity contribution < 1.29 is 43.5 Å². The van der Waals surface area contributed by atoms with Gasteiger partial charge in [-0.3, -0.25) is 76.8 Å². The Morgan fingerprint density at radius 2 is 0.404 bits per heavy atom. The summed E-state index contributed by atoms with van der Waals surface area (Å²) < 4.78 is 0. The number of hydrogen-bond donors (Lipinski definition) is 33. The van der Waals surface area contributed by atoms with E-state index in [4.69, 9.17) is 94.9 Å². The number of rotatable bonds is 47. The lowest BCUT2D eigenvalue weighted by molar-refractivity contribution is -0.142. The van der Waals surface area contributed by atoms with Gasteiger partial charge in [0.1, 0.15) is 42.3 Å². The van der Waals surface area contributed by atoms with Crippen LogP contribution < -0.4 is 131 Å². The van der Waals surface area contributed by atoms with E-state index in [1.165, 1.54) is 0 Å². The molecule has 0 rings (SSSR count). The predicted octanol–water partition coefficient (Wildman–Crippen LogP) is -10.1. The normalized spacial score (nSPS) is 13.3. The van der Waals surface area contributed by atoms with Crippen LogP contribution in [0.2, 0.25) is 0 Å². The SMILES string of the molecule is N=C(N)NCCC[C@H](NC(=O)[C@H](CCCNC(=N)N)NC(=O)[C@H](CCCNC(=N)N)NC(=O)[C@H](CCCNC(=N)N)NC(=O)[C@H](CCCNC(=N)N)NC(=O)[C@H](CCCNC(=N)N)NC(=O)[C@H](CCCNC(=N)N)NC(=O)[C@@H](N)CCCNC(=N)N)C(=O)O. The van der Waals surface area contributed by atoms with Crippen LogP contribution in [0.1, 0.15) is 103 Å². The maximum Gasteiger partial charge on any atom is 0.326 e. The van der Waals surface area contributed by atoms with Gasteiger partial charge < -0.3 is 136 Å². The molecular weight excluding hydrogens is 1170 g/mol. The van der Waals surface area contributed by atoms with E-state index in [-0.39, 0.29) is 173 Å². The van der Waals surface area contributed by atoms with E-state index in [0.29, 0.717) is 6.42 Å². The van der Waals surface area contributed by atoms with Crippen molar-refractivity contribution in [3.05, 3.63) is 0 Å². The average molecular weight is 1270 g/mol. The summed E-state index contributed by atoms with van der Waals surface area (Å²) in [6.07, 6.45) is 0.0951. The van der Waals surface area contributed by atoms with Crippen LogP contribution >= 0.6 is 0 Å². The minimum atomic E-state index is -1.53. The summed E-state index contributed by atoms with van der Waals surface area (Å²) >= 11 is 0. The van der Waals surface area contributed by atoms with Crippen molar-refractivity contribution in [3.8, 4) is 0 Å². The van der Waals surface area contributed by atoms with Crippen molar-refractivity contribution in [1.82, 2.24) is 79.8 Å². The summed E-state index contributed by atoms with van der Waals surface area (Å²) in [6.45, 7) is 0.569. The maximum absolute atomic E-state index is 14.6. The molecule has 0 aliphatic rings. The standard InChI is InChI=1S/C48H98N32O9/c49-25(9-1-17-66-41(50)51)33(81)74-26(10-2-18-67-42(52)53)34(82)75-27(11-3-19-68-43(54)55)35(83)76-28(12-4-20-69-44(56)57)36(84)77-29(13-5-21-70-45(58)59)37(85)78-30(14-6-22-71-46(60)61)38(86)79-31(15-7-23-72-47(62)63)39(87)80-32(40(88)89)16-8-24-73-48(64)65/h25-32H,1-24,49H2,(H,74,81)(H,75,82)(H,76,83)(H,77,84)(H,78,85)(H,79,86)(H,80,87)(H,88,89)(H4,50,51,66)(H4,52,53,67)(H4,54,55,68)(H4,56,57,69)(H4,58,59,70)(H4,60,61,71)(H4,62,63,72)(H4,64,65,73)/t25-,26-,27-,28-,29-,30-,31-,32-/m0/s1. The fraction of sp³-hybridized carbons (Fsp3) is 0.667. The van der Waals surface area contributed by atoms with Crippen LogP contribution in [0, 0.1) is 43.3 Å². The quantitative estimate of drug-likeness (QED) is 0.0153. The number of amides is 7. The van der Waals surface area contributed by atoms with Crippen LogP contribution in [-0.4, -0.2) is 201 Å². The zero-order chi connectivity index (χ0) is 67.4. The van der Waals surface area contributed by atoms with Crippen molar-refractivity contribution in [2.24, 2.45) is 51.6 Å². The number of nitrogens with one attached hydrogen (secondary N) is 23. The van der Waals surface area contributed by atoms with Crippen LogP contribution in [0.15, 0.2) is 0 Å². The van der Waals surface area contributed by atoms with Gasteiger partial charge in [0.25, 0.3) is 0 Å². The fourth-order valence-electron chi connectivity index (χ4n) is 8.16. The molecule has 41 heteroatoms. The van der Waals surface area contributed by atoms with Gasteiger partial charge in [-0.25, -0.2) is 4.79 Å². The summed E-state index contributed by atoms with van der Waals surface area (Å²) in [4.78, 5) is 112. The van der Waals surface area contributed by atoms with Gasteiger partial charge in [-0.1, -0.05) is 0 Å². The highest BCUT2D eigenvalue weighted by Crippen LogP contribution is 2.10. The molecule has 89 heavy (non-hydrogen) atoms. The maximum atomic E-state index is 14.6. The Hall–Kier alpha value is -10.1. The molecule has 0 saturated heterocycles. The largest absolute Gasteiger partial charge is 0.480 e. The first-order valence-electron chi connectivity index (χ1n) is 28.7. The van der Waals surface area contributed by atoms with Gasteiger partial charge in [-0.15, -0.1) is 0 Å². The molecule has 0 fully saturated rings. The number of carboxylic acid groups (broad SMARTS) is 1. The molecule has 0 spiro atoms. The van der Waals surface area contributed by atoms with Crippen molar-refractivity contribution in [3.63, 3.8) is 0 Å². The molecule has 0 aliphatic heterocycles. The summed E-state index contributed by atoms with van der Waals surface area (Å²) in [7, 11) is 0. The third-order valence-corrected chi connectivity index (χ3v) is 12.7. The molecule has 0 aliphatic carbocycles. The minimum Gasteiger partial charge on any atom is -0.480 e. The van der Waals surface area contributed by atoms with Crippen LogP contribution in [0.5, 0.6) is 0 Å². The number of hydrogen-bond acceptors (Lipinski definition) is 17. The van der Waals surface area contributed by atoms with E-state index in [1.54, 1.807) is 0 Å². The molecule has 7 amide bonds. The number of nitrogens with two attached hydrogens (primary N) is 9. The molecule has 0 unspecified atom stereocenters. The molecule has 504 valence electrons. The van der Waals surface area contributed by atoms with E-state index in [1.807, 2.05) is 0 Å². The molecule has 0 heterocycles. The number of carboxylic acids is 1. The van der Waals surface area contributed by atoms with Crippen molar-refractivity contribution >= 4 is 95.0 Å². The minimum absolute atomic E-state index is 0.00540. The molecule has 0 bridgehead atoms. The van der Waals surface area contributed by atoms with Crippen molar-refractivity contribution in [2.45, 2.75) is 151 Å². The average Bonchev–Trinajstić information content (AvgIpc) is 2.10. The lowest BCUT2D eigenvalue weighted by Crippen LogP contribution is -2.60. The van der Waals surface area contributed by atoms with Crippen molar-refractivity contribution in [2.75, 3.05) is 52.4 Å². The second-order valence-corrected chi connectivity index (χ2v) is 20.2. The first kappa shape index (κ1) is 78.9. The highest BCUT2D eigenvalue weighted by Gasteiger charge is 2.34. The molecule has 0 aromatic carbocycles. The lowest BCUT2D eigenvalue weighted by Gasteiger charge is -2.28. The van der Waals surface area contributed by atoms with Crippen molar-refractivity contribution in [1.29, 1.82) is 43.3 Å². The van der Waals surface area contributed by atoms with Gasteiger partial charge >= 0.3 is 5.97 Å². The molecule has 8 atom stereocenters. The molecular formula is C48H98N32O9. The van der Waals surface area contributed by atoms with Gasteiger partial charge in [0.15, 0.2) is 47.7 Å². The van der Waals surface area contributed by atoms with Crippen LogP contribution in [0.3, 0.4) is 0 Å². The first-order chi connectivity index (χ1) is 41.9. The molecule has 41 nitrogen and oxygen atoms in total. The lowest BCUT2D eigenvalue weighted by atomic mass is 10.0. The smallest absolute Gasteiger partial charge is 0.326 e. The topological polar surface area (TPSA) is 762 Å². The zero-order valence-corrected chi connectivity index (χ0v) is 50.0. The highest BCUT2D eigenvalue weighted by molar-refractivity contribution is 5.98. The van der Waals surface area contributed by atoms with Gasteiger partial charge in [0.05, 0.1) is 6.04 Å². The number of aliphatic carboxylic acids is 1. The third-order valence-electron chi connectivity index (χ3n) is 12.7. The Bertz CT molecular complexity index is 2380. The highest BCUT2D eigenvalue weighted by atomic mass is 16.4. The fourth-order valence-corrected chi connectivity index (χ4v) is 8.16. The zero-order valence-electron chi connectivity index (χ0n) is 50.0. The van der Waals surface area contributed by atoms with Gasteiger partial charge in [-0.05, 0) is 103 Å². The summed E-state index contributed by atoms with van der Waals surface area (Å²) in [6, 6.07) is -11.4. The predicted molar refractivity (Wildman–Crippen MR) is 332 cm³/mol. The third kappa shape index (κ3) is 40.0. The van der Waals surface area contributed by atoms with Crippen LogP contribution in [-0.2, 0) is 38.4 Å². The monoisotopic (exact) mass is 1270 g/mol. The Balaban J connectivity index is 7.39. The molecule has 42 N–H and O–H groups in total. The van der Waals surface area contributed by atoms with E-state index >= 15 is 0 Å². The van der Waals surface area contributed by atoms with Crippen LogP contribution in [0.25, 0.3) is 0 Å². The Labute approximate surface area is 515 Å². The first-order valence-corrected chi connectivity index (χ1v) is 28.7. The number of carbonyl (C=O) groups is 8. The molecule has 0 aromatic rings. The van der Waals surface area contributed by atoms with E-state index in [0.717, 1.165) is 0 Å². The van der Waals surface area contributed by atoms with Gasteiger partial charge in [-0.2, -0.15) is 0 Å². The number of carbonyl (C=O) groups excluding carboxylic acids is 7. The Kier molecular flexibility index (Phi) is 40.1.